The Morgan fingerprint density at radius 1 is 1.30 bits per heavy atom. The molecule has 0 aliphatic heterocycles. The normalized spacial score (nSPS) is 11.5. The van der Waals surface area contributed by atoms with Crippen LogP contribution in [-0.2, 0) is 0 Å². The summed E-state index contributed by atoms with van der Waals surface area (Å²) >= 11 is 11.8. The first-order chi connectivity index (χ1) is 9.47. The first kappa shape index (κ1) is 14.5. The minimum absolute atomic E-state index is 0.167. The predicted molar refractivity (Wildman–Crippen MR) is 79.7 cm³/mol. The lowest BCUT2D eigenvalue weighted by Crippen LogP contribution is -2.16. The fourth-order valence-electron chi connectivity index (χ4n) is 1.37. The maximum atomic E-state index is 11.4. The molecule has 0 aliphatic carbocycles. The van der Waals surface area contributed by atoms with Crippen LogP contribution in [0, 0.1) is 6.92 Å². The highest BCUT2D eigenvalue weighted by atomic mass is 35.5. The Morgan fingerprint density at radius 2 is 2.05 bits per heavy atom. The molecule has 1 aromatic heterocycles. The van der Waals surface area contributed by atoms with Gasteiger partial charge in [0.15, 0.2) is 0 Å². The summed E-state index contributed by atoms with van der Waals surface area (Å²) in [7, 11) is 0. The number of hydrogen-bond acceptors (Lipinski definition) is 5. The highest BCUT2D eigenvalue weighted by molar-refractivity contribution is 6.42. The Labute approximate surface area is 124 Å². The molecule has 1 heterocycles. The van der Waals surface area contributed by atoms with Gasteiger partial charge in [0.1, 0.15) is 5.69 Å². The van der Waals surface area contributed by atoms with Gasteiger partial charge in [-0.3, -0.25) is 9.78 Å². The molecular weight excluding hydrogens is 301 g/mol. The van der Waals surface area contributed by atoms with E-state index in [1.54, 1.807) is 32.0 Å². The van der Waals surface area contributed by atoms with E-state index in [0.717, 1.165) is 5.56 Å². The van der Waals surface area contributed by atoms with Crippen LogP contribution in [0.5, 0.6) is 0 Å². The van der Waals surface area contributed by atoms with Crippen molar-refractivity contribution in [2.45, 2.75) is 13.8 Å². The van der Waals surface area contributed by atoms with Crippen molar-refractivity contribution in [3.8, 4) is 0 Å². The van der Waals surface area contributed by atoms with Crippen molar-refractivity contribution < 1.29 is 0 Å². The number of aromatic amines is 1. The molecule has 104 valence electrons. The largest absolute Gasteiger partial charge is 0.288 e. The molecule has 6 nitrogen and oxygen atoms in total. The Kier molecular flexibility index (Phi) is 4.36. The summed E-state index contributed by atoms with van der Waals surface area (Å²) in [6, 6.07) is 5.18. The summed E-state index contributed by atoms with van der Waals surface area (Å²) in [5.74, 6) is 0.167. The van der Waals surface area contributed by atoms with E-state index >= 15 is 0 Å². The van der Waals surface area contributed by atoms with E-state index < -0.39 is 0 Å². The van der Waals surface area contributed by atoms with Gasteiger partial charge >= 0.3 is 0 Å². The lowest BCUT2D eigenvalue weighted by molar-refractivity contribution is 0.897. The third-order valence-corrected chi connectivity index (χ3v) is 3.27. The molecule has 2 N–H and O–H groups in total. The van der Waals surface area contributed by atoms with Crippen LogP contribution in [0.4, 0.5) is 5.95 Å². The third-order valence-electron chi connectivity index (χ3n) is 2.53. The zero-order valence-electron chi connectivity index (χ0n) is 10.7. The Morgan fingerprint density at radius 3 is 2.70 bits per heavy atom. The van der Waals surface area contributed by atoms with Gasteiger partial charge in [-0.2, -0.15) is 5.10 Å². The van der Waals surface area contributed by atoms with Gasteiger partial charge in [-0.1, -0.05) is 29.3 Å². The minimum atomic E-state index is -0.315. The second kappa shape index (κ2) is 6.02. The summed E-state index contributed by atoms with van der Waals surface area (Å²) in [5, 5.41) is 12.5. The quantitative estimate of drug-likeness (QED) is 0.674. The van der Waals surface area contributed by atoms with Gasteiger partial charge in [0.05, 0.1) is 15.8 Å². The van der Waals surface area contributed by atoms with Gasteiger partial charge in [0.2, 0.25) is 5.95 Å². The topological polar surface area (TPSA) is 83.0 Å². The van der Waals surface area contributed by atoms with Crippen LogP contribution in [0.1, 0.15) is 18.2 Å². The zero-order valence-corrected chi connectivity index (χ0v) is 12.2. The Bertz CT molecular complexity index is 726. The van der Waals surface area contributed by atoms with E-state index in [2.05, 4.69) is 25.7 Å². The average molecular weight is 312 g/mol. The number of hydrazone groups is 1. The SMILES string of the molecule is CC(=NNc1nnc(C)c(=O)[nH]1)c1ccc(Cl)c(Cl)c1. The lowest BCUT2D eigenvalue weighted by Gasteiger charge is -2.04. The second-order valence-electron chi connectivity index (χ2n) is 4.03. The Balaban J connectivity index is 2.19. The zero-order chi connectivity index (χ0) is 14.7. The molecule has 2 rings (SSSR count). The molecule has 0 fully saturated rings. The summed E-state index contributed by atoms with van der Waals surface area (Å²) in [6.07, 6.45) is 0. The van der Waals surface area contributed by atoms with E-state index in [1.165, 1.54) is 0 Å². The average Bonchev–Trinajstić information content (AvgIpc) is 2.43. The van der Waals surface area contributed by atoms with Gasteiger partial charge in [0, 0.05) is 0 Å². The molecule has 0 saturated carbocycles. The van der Waals surface area contributed by atoms with Crippen LogP contribution in [0.15, 0.2) is 28.1 Å². The van der Waals surface area contributed by atoms with E-state index in [9.17, 15) is 4.79 Å². The molecule has 0 spiro atoms. The van der Waals surface area contributed by atoms with E-state index in [4.69, 9.17) is 23.2 Å². The summed E-state index contributed by atoms with van der Waals surface area (Å²) in [6.45, 7) is 3.35. The summed E-state index contributed by atoms with van der Waals surface area (Å²) < 4.78 is 0. The number of nitrogens with zero attached hydrogens (tertiary/aromatic N) is 3. The lowest BCUT2D eigenvalue weighted by atomic mass is 10.1. The van der Waals surface area contributed by atoms with E-state index in [1.807, 2.05) is 0 Å². The molecule has 2 aromatic rings. The highest BCUT2D eigenvalue weighted by Gasteiger charge is 2.03. The van der Waals surface area contributed by atoms with Crippen LogP contribution in [0.25, 0.3) is 0 Å². The number of benzene rings is 1. The van der Waals surface area contributed by atoms with Crippen LogP contribution in [0.3, 0.4) is 0 Å². The van der Waals surface area contributed by atoms with Crippen molar-refractivity contribution in [3.63, 3.8) is 0 Å². The number of hydrogen-bond donors (Lipinski definition) is 2. The number of aromatic nitrogens is 3. The number of halogens is 2. The number of anilines is 1. The van der Waals surface area contributed by atoms with Crippen molar-refractivity contribution >= 4 is 34.9 Å². The molecule has 8 heteroatoms. The van der Waals surface area contributed by atoms with Gasteiger partial charge in [-0.05, 0) is 31.5 Å². The molecule has 0 unspecified atom stereocenters. The monoisotopic (exact) mass is 311 g/mol. The van der Waals surface area contributed by atoms with Crippen molar-refractivity contribution in [3.05, 3.63) is 49.9 Å². The van der Waals surface area contributed by atoms with Crippen molar-refractivity contribution in [2.24, 2.45) is 5.10 Å². The fourth-order valence-corrected chi connectivity index (χ4v) is 1.66. The van der Waals surface area contributed by atoms with Gasteiger partial charge in [-0.15, -0.1) is 10.2 Å². The van der Waals surface area contributed by atoms with E-state index in [-0.39, 0.29) is 11.5 Å². The Hall–Kier alpha value is -1.92. The maximum absolute atomic E-state index is 11.4. The molecule has 1 aromatic carbocycles. The standard InChI is InChI=1S/C12H11Cl2N5O/c1-6(8-3-4-9(13)10(14)5-8)16-18-12-15-11(20)7(2)17-19-12/h3-5H,1-2H3,(H2,15,18,19,20). The maximum Gasteiger partial charge on any atom is 0.274 e. The highest BCUT2D eigenvalue weighted by Crippen LogP contribution is 2.22. The van der Waals surface area contributed by atoms with Crippen molar-refractivity contribution in [1.82, 2.24) is 15.2 Å². The molecule has 0 saturated heterocycles. The molecule has 0 bridgehead atoms. The van der Waals surface area contributed by atoms with Gasteiger partial charge in [0.25, 0.3) is 5.56 Å². The van der Waals surface area contributed by atoms with Crippen LogP contribution in [-0.4, -0.2) is 20.9 Å². The first-order valence-corrected chi connectivity index (χ1v) is 6.42. The number of H-pyrrole nitrogens is 1. The van der Waals surface area contributed by atoms with Crippen LogP contribution < -0.4 is 11.0 Å². The summed E-state index contributed by atoms with van der Waals surface area (Å²) in [5.41, 5.74) is 4.06. The molecular formula is C12H11Cl2N5O. The van der Waals surface area contributed by atoms with E-state index in [0.29, 0.717) is 21.5 Å². The van der Waals surface area contributed by atoms with Crippen molar-refractivity contribution in [1.29, 1.82) is 0 Å². The fraction of sp³-hybridized carbons (Fsp3) is 0.167. The molecule has 0 radical (unpaired) electrons. The smallest absolute Gasteiger partial charge is 0.274 e. The summed E-state index contributed by atoms with van der Waals surface area (Å²) in [4.78, 5) is 13.9. The van der Waals surface area contributed by atoms with Crippen LogP contribution >= 0.6 is 23.2 Å². The molecule has 0 amide bonds. The molecule has 20 heavy (non-hydrogen) atoms. The van der Waals surface area contributed by atoms with Crippen LogP contribution in [0.2, 0.25) is 10.0 Å². The minimum Gasteiger partial charge on any atom is -0.288 e. The van der Waals surface area contributed by atoms with Gasteiger partial charge in [-0.25, -0.2) is 5.43 Å². The number of aryl methyl sites for hydroxylation is 1. The third kappa shape index (κ3) is 3.34. The predicted octanol–water partition coefficient (Wildman–Crippen LogP) is 2.62. The first-order valence-electron chi connectivity index (χ1n) is 5.66. The van der Waals surface area contributed by atoms with Gasteiger partial charge < -0.3 is 0 Å². The number of rotatable bonds is 3. The number of nitrogens with one attached hydrogen (secondary N) is 2. The van der Waals surface area contributed by atoms with Crippen molar-refractivity contribution in [2.75, 3.05) is 5.43 Å². The molecule has 0 aliphatic rings. The second-order valence-corrected chi connectivity index (χ2v) is 4.84. The molecule has 0 atom stereocenters.